The van der Waals surface area contributed by atoms with Crippen molar-refractivity contribution in [3.8, 4) is 5.75 Å². The van der Waals surface area contributed by atoms with Crippen LogP contribution in [0.15, 0.2) is 40.9 Å². The third kappa shape index (κ3) is 4.00. The number of hydrogen-bond donors (Lipinski definition) is 1. The summed E-state index contributed by atoms with van der Waals surface area (Å²) < 4.78 is 6.31. The number of rotatable bonds is 4. The highest BCUT2D eigenvalue weighted by Crippen LogP contribution is 2.36. The van der Waals surface area contributed by atoms with Crippen molar-refractivity contribution in [1.82, 2.24) is 0 Å². The van der Waals surface area contributed by atoms with Crippen molar-refractivity contribution >= 4 is 27.5 Å². The summed E-state index contributed by atoms with van der Waals surface area (Å²) in [6.07, 6.45) is -0.747. The third-order valence-electron chi connectivity index (χ3n) is 3.12. The minimum Gasteiger partial charge on any atom is -0.493 e. The van der Waals surface area contributed by atoms with Gasteiger partial charge in [0, 0.05) is 10.6 Å². The fraction of sp³-hybridized carbons (Fsp3) is 0.294. The van der Waals surface area contributed by atoms with Crippen LogP contribution in [0.3, 0.4) is 0 Å². The lowest BCUT2D eigenvalue weighted by molar-refractivity contribution is 0.217. The number of ether oxygens (including phenoxy) is 1. The van der Waals surface area contributed by atoms with Crippen LogP contribution in [0.2, 0.25) is 5.02 Å². The van der Waals surface area contributed by atoms with Gasteiger partial charge in [-0.2, -0.15) is 0 Å². The van der Waals surface area contributed by atoms with Gasteiger partial charge in [0.25, 0.3) is 0 Å². The zero-order valence-corrected chi connectivity index (χ0v) is 13.7. The van der Waals surface area contributed by atoms with E-state index in [0.717, 1.165) is 26.9 Å². The summed E-state index contributed by atoms with van der Waals surface area (Å²) >= 11 is 9.53. The van der Waals surface area contributed by atoms with Gasteiger partial charge >= 0.3 is 0 Å². The SMILES string of the molecule is C.CCOc1cccc(C(O)c2cc(Cl)ccc2C)c1Br. The maximum atomic E-state index is 10.6. The van der Waals surface area contributed by atoms with Crippen molar-refractivity contribution in [2.24, 2.45) is 0 Å². The van der Waals surface area contributed by atoms with E-state index in [1.807, 2.05) is 44.2 Å². The van der Waals surface area contributed by atoms with Gasteiger partial charge in [0.05, 0.1) is 11.1 Å². The van der Waals surface area contributed by atoms with Gasteiger partial charge < -0.3 is 9.84 Å². The van der Waals surface area contributed by atoms with Crippen molar-refractivity contribution in [2.45, 2.75) is 27.4 Å². The predicted octanol–water partition coefficient (Wildman–Crippen LogP) is 5.53. The van der Waals surface area contributed by atoms with Crippen LogP contribution < -0.4 is 4.74 Å². The molecule has 2 aromatic carbocycles. The molecule has 21 heavy (non-hydrogen) atoms. The van der Waals surface area contributed by atoms with Gasteiger partial charge in [0.15, 0.2) is 0 Å². The van der Waals surface area contributed by atoms with E-state index in [9.17, 15) is 5.11 Å². The molecule has 0 aliphatic rings. The standard InChI is InChI=1S/C16H16BrClO2.CH4/c1-3-20-14-6-4-5-12(15(14)17)16(19)13-9-11(18)8-7-10(13)2;/h4-9,16,19H,3H2,1-2H3;1H4. The summed E-state index contributed by atoms with van der Waals surface area (Å²) in [7, 11) is 0. The molecule has 2 aromatic rings. The molecule has 2 rings (SSSR count). The Morgan fingerprint density at radius 2 is 1.95 bits per heavy atom. The molecule has 0 saturated carbocycles. The van der Waals surface area contributed by atoms with Crippen LogP contribution in [0.25, 0.3) is 0 Å². The molecule has 0 amide bonds. The summed E-state index contributed by atoms with van der Waals surface area (Å²) in [6, 6.07) is 11.1. The van der Waals surface area contributed by atoms with Crippen molar-refractivity contribution < 1.29 is 9.84 Å². The van der Waals surface area contributed by atoms with Crippen molar-refractivity contribution in [3.63, 3.8) is 0 Å². The van der Waals surface area contributed by atoms with Crippen LogP contribution in [0.1, 0.15) is 37.1 Å². The van der Waals surface area contributed by atoms with Crippen LogP contribution in [0.5, 0.6) is 5.75 Å². The first-order valence-corrected chi connectivity index (χ1v) is 7.57. The molecule has 0 aliphatic heterocycles. The molecule has 0 heterocycles. The molecular weight excluding hydrogens is 352 g/mol. The lowest BCUT2D eigenvalue weighted by Gasteiger charge is -2.18. The highest BCUT2D eigenvalue weighted by molar-refractivity contribution is 9.10. The number of aliphatic hydroxyl groups excluding tert-OH is 1. The Hall–Kier alpha value is -1.03. The Bertz CT molecular complexity index is 614. The molecule has 0 fully saturated rings. The lowest BCUT2D eigenvalue weighted by Crippen LogP contribution is -2.04. The molecule has 0 spiro atoms. The Kier molecular flexibility index (Phi) is 6.72. The molecule has 2 nitrogen and oxygen atoms in total. The minimum absolute atomic E-state index is 0. The van der Waals surface area contributed by atoms with E-state index in [-0.39, 0.29) is 7.43 Å². The average molecular weight is 372 g/mol. The van der Waals surface area contributed by atoms with Gasteiger partial charge in [-0.1, -0.05) is 37.2 Å². The zero-order chi connectivity index (χ0) is 14.7. The van der Waals surface area contributed by atoms with E-state index in [1.165, 1.54) is 0 Å². The second kappa shape index (κ2) is 7.83. The van der Waals surface area contributed by atoms with Gasteiger partial charge in [0.2, 0.25) is 0 Å². The molecule has 1 atom stereocenters. The van der Waals surface area contributed by atoms with Crippen molar-refractivity contribution in [2.75, 3.05) is 6.61 Å². The lowest BCUT2D eigenvalue weighted by atomic mass is 9.97. The van der Waals surface area contributed by atoms with Crippen molar-refractivity contribution in [1.29, 1.82) is 0 Å². The first-order chi connectivity index (χ1) is 9.54. The fourth-order valence-electron chi connectivity index (χ4n) is 2.08. The van der Waals surface area contributed by atoms with E-state index in [0.29, 0.717) is 11.6 Å². The zero-order valence-electron chi connectivity index (χ0n) is 11.4. The molecule has 1 unspecified atom stereocenters. The van der Waals surface area contributed by atoms with Crippen LogP contribution in [0, 0.1) is 6.92 Å². The summed E-state index contributed by atoms with van der Waals surface area (Å²) in [4.78, 5) is 0. The van der Waals surface area contributed by atoms with Gasteiger partial charge in [-0.05, 0) is 59.1 Å². The minimum atomic E-state index is -0.747. The molecule has 0 aliphatic carbocycles. The monoisotopic (exact) mass is 370 g/mol. The number of hydrogen-bond acceptors (Lipinski definition) is 2. The van der Waals surface area contributed by atoms with Crippen LogP contribution in [-0.2, 0) is 0 Å². The van der Waals surface area contributed by atoms with Crippen LogP contribution in [-0.4, -0.2) is 11.7 Å². The second-order valence-corrected chi connectivity index (χ2v) is 5.73. The smallest absolute Gasteiger partial charge is 0.133 e. The number of halogens is 2. The molecule has 1 N–H and O–H groups in total. The van der Waals surface area contributed by atoms with Crippen LogP contribution in [0.4, 0.5) is 0 Å². The van der Waals surface area contributed by atoms with E-state index in [1.54, 1.807) is 6.07 Å². The highest BCUT2D eigenvalue weighted by Gasteiger charge is 2.18. The Labute approximate surface area is 139 Å². The van der Waals surface area contributed by atoms with Crippen molar-refractivity contribution in [3.05, 3.63) is 62.6 Å². The van der Waals surface area contributed by atoms with E-state index in [4.69, 9.17) is 16.3 Å². The quantitative estimate of drug-likeness (QED) is 0.766. The first kappa shape index (κ1) is 18.0. The van der Waals surface area contributed by atoms with Gasteiger partial charge in [-0.3, -0.25) is 0 Å². The van der Waals surface area contributed by atoms with E-state index in [2.05, 4.69) is 15.9 Å². The summed E-state index contributed by atoms with van der Waals surface area (Å²) in [5.41, 5.74) is 2.56. The van der Waals surface area contributed by atoms with Gasteiger partial charge in [-0.15, -0.1) is 0 Å². The summed E-state index contributed by atoms with van der Waals surface area (Å²) in [5, 5.41) is 11.2. The maximum Gasteiger partial charge on any atom is 0.133 e. The molecule has 114 valence electrons. The molecule has 0 aromatic heterocycles. The Morgan fingerprint density at radius 3 is 2.62 bits per heavy atom. The van der Waals surface area contributed by atoms with Gasteiger partial charge in [-0.25, -0.2) is 0 Å². The molecule has 0 radical (unpaired) electrons. The second-order valence-electron chi connectivity index (χ2n) is 4.50. The largest absolute Gasteiger partial charge is 0.493 e. The average Bonchev–Trinajstić information content (AvgIpc) is 2.43. The molecular formula is C17H20BrClO2. The normalized spacial score (nSPS) is 11.7. The van der Waals surface area contributed by atoms with E-state index < -0.39 is 6.10 Å². The maximum absolute atomic E-state index is 10.6. The third-order valence-corrected chi connectivity index (χ3v) is 4.21. The van der Waals surface area contributed by atoms with Crippen LogP contribution >= 0.6 is 27.5 Å². The molecule has 0 saturated heterocycles. The summed E-state index contributed by atoms with van der Waals surface area (Å²) in [5.74, 6) is 0.726. The van der Waals surface area contributed by atoms with E-state index >= 15 is 0 Å². The topological polar surface area (TPSA) is 29.5 Å². The fourth-order valence-corrected chi connectivity index (χ4v) is 2.86. The molecule has 0 bridgehead atoms. The number of aliphatic hydroxyl groups is 1. The Balaban J connectivity index is 0.00000220. The predicted molar refractivity (Wildman–Crippen MR) is 92.3 cm³/mol. The summed E-state index contributed by atoms with van der Waals surface area (Å²) in [6.45, 7) is 4.46. The first-order valence-electron chi connectivity index (χ1n) is 6.40. The number of aryl methyl sites for hydroxylation is 1. The molecule has 4 heteroatoms. The Morgan fingerprint density at radius 1 is 1.24 bits per heavy atom. The van der Waals surface area contributed by atoms with Gasteiger partial charge in [0.1, 0.15) is 11.9 Å². The highest BCUT2D eigenvalue weighted by atomic mass is 79.9. The number of benzene rings is 2.